The molecule has 5 heteroatoms. The highest BCUT2D eigenvalue weighted by molar-refractivity contribution is 6.00. The van der Waals surface area contributed by atoms with Gasteiger partial charge < -0.3 is 9.88 Å². The minimum Gasteiger partial charge on any atom is -0.350 e. The molecule has 0 aliphatic carbocycles. The third kappa shape index (κ3) is 3.08. The quantitative estimate of drug-likeness (QED) is 0.803. The third-order valence-corrected chi connectivity index (χ3v) is 4.07. The van der Waals surface area contributed by atoms with Crippen LogP contribution in [0.1, 0.15) is 21.6 Å². The summed E-state index contributed by atoms with van der Waals surface area (Å²) in [6, 6.07) is 8.38. The minimum absolute atomic E-state index is 0.0897. The Kier molecular flexibility index (Phi) is 4.10. The molecule has 3 aromatic rings. The van der Waals surface area contributed by atoms with Crippen LogP contribution in [-0.4, -0.2) is 34.4 Å². The van der Waals surface area contributed by atoms with Crippen LogP contribution in [0.15, 0.2) is 42.7 Å². The van der Waals surface area contributed by atoms with Crippen LogP contribution >= 0.6 is 0 Å². The Morgan fingerprint density at radius 3 is 2.74 bits per heavy atom. The smallest absolute Gasteiger partial charge is 0.270 e. The highest BCUT2D eigenvalue weighted by Gasteiger charge is 2.18. The summed E-state index contributed by atoms with van der Waals surface area (Å²) in [7, 11) is 1.77. The van der Waals surface area contributed by atoms with Crippen molar-refractivity contribution in [1.82, 2.24) is 14.9 Å². The number of aromatic nitrogens is 2. The van der Waals surface area contributed by atoms with Gasteiger partial charge in [0.25, 0.3) is 5.91 Å². The molecule has 4 nitrogen and oxygen atoms in total. The van der Waals surface area contributed by atoms with Gasteiger partial charge in [0.05, 0.1) is 0 Å². The monoisotopic (exact) mass is 311 g/mol. The van der Waals surface area contributed by atoms with Gasteiger partial charge in [-0.3, -0.25) is 9.78 Å². The molecule has 1 aromatic carbocycles. The van der Waals surface area contributed by atoms with E-state index in [2.05, 4.69) is 9.97 Å². The number of benzene rings is 1. The summed E-state index contributed by atoms with van der Waals surface area (Å²) in [5.41, 5.74) is 3.20. The molecule has 2 aromatic heterocycles. The lowest BCUT2D eigenvalue weighted by Gasteiger charge is -2.17. The largest absolute Gasteiger partial charge is 0.350 e. The lowest BCUT2D eigenvalue weighted by atomic mass is 10.1. The molecular formula is C18H18FN3O. The molecule has 118 valence electrons. The molecule has 0 saturated heterocycles. The van der Waals surface area contributed by atoms with E-state index in [-0.39, 0.29) is 11.7 Å². The molecule has 1 amide bonds. The van der Waals surface area contributed by atoms with Crippen LogP contribution < -0.4 is 0 Å². The number of halogens is 1. The van der Waals surface area contributed by atoms with E-state index in [4.69, 9.17) is 0 Å². The molecule has 0 spiro atoms. The Hall–Kier alpha value is -2.69. The normalized spacial score (nSPS) is 10.9. The molecular weight excluding hydrogens is 293 g/mol. The lowest BCUT2D eigenvalue weighted by molar-refractivity contribution is 0.0791. The fourth-order valence-electron chi connectivity index (χ4n) is 2.65. The van der Waals surface area contributed by atoms with E-state index in [0.29, 0.717) is 12.2 Å². The van der Waals surface area contributed by atoms with Crippen LogP contribution in [0.2, 0.25) is 0 Å². The number of aryl methyl sites for hydroxylation is 1. The first-order valence-corrected chi connectivity index (χ1v) is 7.48. The number of nitrogens with zero attached hydrogens (tertiary/aromatic N) is 2. The average molecular weight is 311 g/mol. The maximum absolute atomic E-state index is 13.4. The highest BCUT2D eigenvalue weighted by atomic mass is 19.1. The number of carbonyl (C=O) groups excluding carboxylic acids is 1. The predicted molar refractivity (Wildman–Crippen MR) is 87.9 cm³/mol. The van der Waals surface area contributed by atoms with Crippen LogP contribution in [0.5, 0.6) is 0 Å². The number of rotatable bonds is 4. The van der Waals surface area contributed by atoms with E-state index >= 15 is 0 Å². The summed E-state index contributed by atoms with van der Waals surface area (Å²) in [5, 5.41) is 0.746. The van der Waals surface area contributed by atoms with Crippen molar-refractivity contribution in [3.63, 3.8) is 0 Å². The van der Waals surface area contributed by atoms with Gasteiger partial charge in [-0.1, -0.05) is 0 Å². The topological polar surface area (TPSA) is 49.0 Å². The van der Waals surface area contributed by atoms with Gasteiger partial charge in [0.1, 0.15) is 11.5 Å². The molecule has 2 heterocycles. The highest BCUT2D eigenvalue weighted by Crippen LogP contribution is 2.23. The molecule has 0 saturated carbocycles. The van der Waals surface area contributed by atoms with Crippen LogP contribution in [0.3, 0.4) is 0 Å². The van der Waals surface area contributed by atoms with Crippen LogP contribution in [0, 0.1) is 12.7 Å². The molecule has 1 N–H and O–H groups in total. The zero-order valence-electron chi connectivity index (χ0n) is 13.1. The van der Waals surface area contributed by atoms with E-state index in [1.165, 1.54) is 12.1 Å². The molecule has 0 fully saturated rings. The summed E-state index contributed by atoms with van der Waals surface area (Å²) in [5.74, 6) is -0.391. The number of likely N-dealkylation sites (N-methyl/N-ethyl adjacent to an activating group) is 1. The van der Waals surface area contributed by atoms with Crippen molar-refractivity contribution in [2.75, 3.05) is 13.6 Å². The van der Waals surface area contributed by atoms with Gasteiger partial charge in [-0.25, -0.2) is 4.39 Å². The van der Waals surface area contributed by atoms with E-state index < -0.39 is 0 Å². The maximum atomic E-state index is 13.4. The number of aromatic amines is 1. The van der Waals surface area contributed by atoms with Gasteiger partial charge in [-0.05, 0) is 54.8 Å². The van der Waals surface area contributed by atoms with Gasteiger partial charge in [-0.2, -0.15) is 0 Å². The first-order chi connectivity index (χ1) is 11.1. The van der Waals surface area contributed by atoms with E-state index in [0.717, 1.165) is 28.5 Å². The number of amides is 1. The summed E-state index contributed by atoms with van der Waals surface area (Å²) in [6.45, 7) is 2.44. The molecule has 3 rings (SSSR count). The van der Waals surface area contributed by atoms with Crippen molar-refractivity contribution in [2.45, 2.75) is 13.3 Å². The second-order valence-electron chi connectivity index (χ2n) is 5.65. The molecule has 0 atom stereocenters. The van der Waals surface area contributed by atoms with Crippen LogP contribution in [0.4, 0.5) is 4.39 Å². The molecule has 0 radical (unpaired) electrons. The van der Waals surface area contributed by atoms with E-state index in [1.54, 1.807) is 30.4 Å². The number of carbonyl (C=O) groups is 1. The van der Waals surface area contributed by atoms with Gasteiger partial charge in [0, 0.05) is 36.9 Å². The predicted octanol–water partition coefficient (Wildman–Crippen LogP) is 3.33. The van der Waals surface area contributed by atoms with Crippen molar-refractivity contribution < 1.29 is 9.18 Å². The number of pyridine rings is 1. The van der Waals surface area contributed by atoms with Gasteiger partial charge >= 0.3 is 0 Å². The summed E-state index contributed by atoms with van der Waals surface area (Å²) in [6.07, 6.45) is 4.25. The second-order valence-corrected chi connectivity index (χ2v) is 5.65. The zero-order chi connectivity index (χ0) is 16.4. The van der Waals surface area contributed by atoms with Crippen molar-refractivity contribution in [3.8, 4) is 0 Å². The number of hydrogen-bond donors (Lipinski definition) is 1. The fraction of sp³-hybridized carbons (Fsp3) is 0.222. The van der Waals surface area contributed by atoms with Crippen molar-refractivity contribution >= 4 is 16.8 Å². The Balaban J connectivity index is 1.78. The van der Waals surface area contributed by atoms with Crippen LogP contribution in [0.25, 0.3) is 10.9 Å². The Morgan fingerprint density at radius 1 is 1.26 bits per heavy atom. The summed E-state index contributed by atoms with van der Waals surface area (Å²) >= 11 is 0. The summed E-state index contributed by atoms with van der Waals surface area (Å²) < 4.78 is 13.4. The molecule has 23 heavy (non-hydrogen) atoms. The number of hydrogen-bond acceptors (Lipinski definition) is 2. The second kappa shape index (κ2) is 6.20. The van der Waals surface area contributed by atoms with Gasteiger partial charge in [-0.15, -0.1) is 0 Å². The minimum atomic E-state index is -0.301. The number of nitrogens with one attached hydrogen (secondary N) is 1. The van der Waals surface area contributed by atoms with Crippen molar-refractivity contribution in [1.29, 1.82) is 0 Å². The first kappa shape index (κ1) is 15.2. The lowest BCUT2D eigenvalue weighted by Crippen LogP contribution is -2.29. The van der Waals surface area contributed by atoms with Gasteiger partial charge in [0.2, 0.25) is 0 Å². The molecule has 0 unspecified atom stereocenters. The summed E-state index contributed by atoms with van der Waals surface area (Å²) in [4.78, 5) is 21.4. The maximum Gasteiger partial charge on any atom is 0.270 e. The van der Waals surface area contributed by atoms with Crippen molar-refractivity contribution in [2.24, 2.45) is 0 Å². The van der Waals surface area contributed by atoms with Crippen molar-refractivity contribution in [3.05, 3.63) is 65.4 Å². The van der Waals surface area contributed by atoms with Crippen LogP contribution in [-0.2, 0) is 6.42 Å². The first-order valence-electron chi connectivity index (χ1n) is 7.48. The number of fused-ring (bicyclic) bond motifs is 1. The Labute approximate surface area is 134 Å². The Bertz CT molecular complexity index is 842. The van der Waals surface area contributed by atoms with E-state index in [9.17, 15) is 9.18 Å². The molecule has 0 aliphatic heterocycles. The van der Waals surface area contributed by atoms with E-state index in [1.807, 2.05) is 19.1 Å². The van der Waals surface area contributed by atoms with Gasteiger partial charge in [0.15, 0.2) is 0 Å². The Morgan fingerprint density at radius 2 is 2.00 bits per heavy atom. The average Bonchev–Trinajstić information content (AvgIpc) is 2.89. The fourth-order valence-corrected chi connectivity index (χ4v) is 2.65. The third-order valence-electron chi connectivity index (χ3n) is 4.07. The standard InChI is InChI=1S/C18H18FN3O/c1-12-15-11-14(19)3-4-16(15)21-17(12)18(23)22(2)10-7-13-5-8-20-9-6-13/h3-6,8-9,11,21H,7,10H2,1-2H3. The molecule has 0 bridgehead atoms. The SMILES string of the molecule is Cc1c(C(=O)N(C)CCc2ccncc2)[nH]c2ccc(F)cc12. The molecule has 0 aliphatic rings. The number of H-pyrrole nitrogens is 1. The zero-order valence-corrected chi connectivity index (χ0v) is 13.1.